The monoisotopic (exact) mass is 269 g/mol. The summed E-state index contributed by atoms with van der Waals surface area (Å²) in [6, 6.07) is 0. The molecule has 3 nitrogen and oxygen atoms in total. The molecule has 0 spiro atoms. The Morgan fingerprint density at radius 3 is 2.26 bits per heavy atom. The van der Waals surface area contributed by atoms with E-state index in [2.05, 4.69) is 26.1 Å². The molecule has 0 unspecified atom stereocenters. The molecule has 1 saturated carbocycles. The Balaban J connectivity index is 2.39. The summed E-state index contributed by atoms with van der Waals surface area (Å²) >= 11 is 0. The minimum absolute atomic E-state index is 0.126. The molecule has 0 aromatic rings. The van der Waals surface area contributed by atoms with Crippen molar-refractivity contribution in [3.63, 3.8) is 0 Å². The summed E-state index contributed by atoms with van der Waals surface area (Å²) in [6.45, 7) is 6.90. The maximum absolute atomic E-state index is 12.2. The molecule has 112 valence electrons. The number of carbonyl (C=O) groups excluding carboxylic acids is 1. The molecule has 2 N–H and O–H groups in total. The number of amides is 1. The second kappa shape index (κ2) is 7.88. The van der Waals surface area contributed by atoms with E-state index in [4.69, 9.17) is 0 Å². The average Bonchev–Trinajstić information content (AvgIpc) is 2.40. The van der Waals surface area contributed by atoms with Crippen molar-refractivity contribution >= 4 is 5.91 Å². The molecule has 1 aliphatic rings. The zero-order chi connectivity index (χ0) is 14.3. The largest absolute Gasteiger partial charge is 0.388 e. The minimum Gasteiger partial charge on any atom is -0.388 e. The van der Waals surface area contributed by atoms with Crippen molar-refractivity contribution in [3.05, 3.63) is 0 Å². The molecule has 0 heterocycles. The van der Waals surface area contributed by atoms with E-state index in [0.717, 1.165) is 51.4 Å². The lowest BCUT2D eigenvalue weighted by atomic mass is 9.79. The predicted octanol–water partition coefficient (Wildman–Crippen LogP) is 3.26. The first-order chi connectivity index (χ1) is 9.00. The van der Waals surface area contributed by atoms with Crippen LogP contribution in [-0.4, -0.2) is 23.2 Å². The van der Waals surface area contributed by atoms with Crippen LogP contribution in [0, 0.1) is 11.8 Å². The van der Waals surface area contributed by atoms with Gasteiger partial charge >= 0.3 is 0 Å². The quantitative estimate of drug-likeness (QED) is 0.745. The zero-order valence-electron chi connectivity index (χ0n) is 12.9. The van der Waals surface area contributed by atoms with Crippen molar-refractivity contribution in [2.45, 2.75) is 77.7 Å². The Morgan fingerprint density at radius 2 is 1.79 bits per heavy atom. The van der Waals surface area contributed by atoms with Crippen LogP contribution in [0.15, 0.2) is 0 Å². The number of hydrogen-bond donors (Lipinski definition) is 2. The van der Waals surface area contributed by atoms with Crippen molar-refractivity contribution in [2.24, 2.45) is 11.8 Å². The van der Waals surface area contributed by atoms with E-state index in [9.17, 15) is 9.90 Å². The summed E-state index contributed by atoms with van der Waals surface area (Å²) in [6.07, 6.45) is 7.77. The number of carbonyl (C=O) groups is 1. The summed E-state index contributed by atoms with van der Waals surface area (Å²) in [5.41, 5.74) is -0.662. The van der Waals surface area contributed by atoms with Gasteiger partial charge in [-0.1, -0.05) is 33.6 Å². The maximum Gasteiger partial charge on any atom is 0.223 e. The number of aliphatic hydroxyl groups is 1. The van der Waals surface area contributed by atoms with Gasteiger partial charge in [-0.15, -0.1) is 0 Å². The minimum atomic E-state index is -0.662. The summed E-state index contributed by atoms with van der Waals surface area (Å²) in [5.74, 6) is 0.973. The van der Waals surface area contributed by atoms with Gasteiger partial charge in [-0.2, -0.15) is 0 Å². The highest BCUT2D eigenvalue weighted by molar-refractivity contribution is 5.78. The van der Waals surface area contributed by atoms with E-state index in [1.807, 2.05) is 0 Å². The van der Waals surface area contributed by atoms with Gasteiger partial charge in [0.25, 0.3) is 0 Å². The first-order valence-corrected chi connectivity index (χ1v) is 8.01. The molecule has 0 aromatic heterocycles. The van der Waals surface area contributed by atoms with Crippen LogP contribution in [0.3, 0.4) is 0 Å². The third-order valence-corrected chi connectivity index (χ3v) is 4.44. The number of rotatable bonds is 7. The fourth-order valence-corrected chi connectivity index (χ4v) is 2.98. The van der Waals surface area contributed by atoms with Crippen LogP contribution in [0.4, 0.5) is 0 Å². The van der Waals surface area contributed by atoms with E-state index >= 15 is 0 Å². The van der Waals surface area contributed by atoms with Crippen LogP contribution in [-0.2, 0) is 4.79 Å². The van der Waals surface area contributed by atoms with E-state index < -0.39 is 5.60 Å². The third-order valence-electron chi connectivity index (χ3n) is 4.44. The van der Waals surface area contributed by atoms with Gasteiger partial charge < -0.3 is 10.4 Å². The van der Waals surface area contributed by atoms with Gasteiger partial charge in [0.05, 0.1) is 5.60 Å². The molecule has 0 saturated heterocycles. The maximum atomic E-state index is 12.2. The molecule has 0 bridgehead atoms. The molecule has 1 amide bonds. The van der Waals surface area contributed by atoms with Crippen LogP contribution >= 0.6 is 0 Å². The lowest BCUT2D eigenvalue weighted by Crippen LogP contribution is -2.46. The van der Waals surface area contributed by atoms with Gasteiger partial charge in [-0.3, -0.25) is 4.79 Å². The number of hydrogen-bond acceptors (Lipinski definition) is 2. The summed E-state index contributed by atoms with van der Waals surface area (Å²) < 4.78 is 0. The molecule has 0 radical (unpaired) electrons. The second-order valence-corrected chi connectivity index (χ2v) is 6.40. The average molecular weight is 269 g/mol. The topological polar surface area (TPSA) is 49.3 Å². The highest BCUT2D eigenvalue weighted by Crippen LogP contribution is 2.31. The lowest BCUT2D eigenvalue weighted by molar-refractivity contribution is -0.127. The molecule has 1 fully saturated rings. The highest BCUT2D eigenvalue weighted by Gasteiger charge is 2.32. The van der Waals surface area contributed by atoms with Crippen molar-refractivity contribution in [3.8, 4) is 0 Å². The molecule has 1 rings (SSSR count). The van der Waals surface area contributed by atoms with E-state index in [-0.39, 0.29) is 11.8 Å². The molecule has 0 atom stereocenters. The number of nitrogens with one attached hydrogen (secondary N) is 1. The molecule has 19 heavy (non-hydrogen) atoms. The molecule has 1 aliphatic carbocycles. The zero-order valence-corrected chi connectivity index (χ0v) is 12.9. The fourth-order valence-electron chi connectivity index (χ4n) is 2.98. The Kier molecular flexibility index (Phi) is 6.84. The van der Waals surface area contributed by atoms with Gasteiger partial charge in [0.2, 0.25) is 5.91 Å². The third kappa shape index (κ3) is 5.52. The first kappa shape index (κ1) is 16.5. The van der Waals surface area contributed by atoms with Crippen LogP contribution in [0.25, 0.3) is 0 Å². The Labute approximate surface area is 118 Å². The van der Waals surface area contributed by atoms with Gasteiger partial charge in [0, 0.05) is 12.5 Å². The Bertz CT molecular complexity index is 264. The van der Waals surface area contributed by atoms with Gasteiger partial charge in [-0.05, 0) is 44.4 Å². The molecule has 3 heteroatoms. The molecular formula is C16H31NO2. The predicted molar refractivity (Wildman–Crippen MR) is 78.9 cm³/mol. The lowest BCUT2D eigenvalue weighted by Gasteiger charge is -2.35. The Morgan fingerprint density at radius 1 is 1.26 bits per heavy atom. The van der Waals surface area contributed by atoms with Crippen LogP contribution < -0.4 is 5.32 Å². The standard InChI is InChI=1S/C16H31NO2/c1-4-6-14(7-5-2)15(18)17-12-16(19)10-8-13(3)9-11-16/h13-14,19H,4-12H2,1-3H3,(H,17,18). The van der Waals surface area contributed by atoms with Crippen molar-refractivity contribution in [1.82, 2.24) is 5.32 Å². The molecule has 0 aliphatic heterocycles. The summed E-state index contributed by atoms with van der Waals surface area (Å²) in [5, 5.41) is 13.5. The van der Waals surface area contributed by atoms with E-state index in [0.29, 0.717) is 12.5 Å². The highest BCUT2D eigenvalue weighted by atomic mass is 16.3. The van der Waals surface area contributed by atoms with E-state index in [1.54, 1.807) is 0 Å². The van der Waals surface area contributed by atoms with Gasteiger partial charge in [-0.25, -0.2) is 0 Å². The van der Waals surface area contributed by atoms with Crippen LogP contribution in [0.1, 0.15) is 72.1 Å². The summed E-state index contributed by atoms with van der Waals surface area (Å²) in [7, 11) is 0. The SMILES string of the molecule is CCCC(CCC)C(=O)NCC1(O)CCC(C)CC1. The van der Waals surface area contributed by atoms with Crippen molar-refractivity contribution < 1.29 is 9.90 Å². The molecule has 0 aromatic carbocycles. The van der Waals surface area contributed by atoms with Crippen LogP contribution in [0.5, 0.6) is 0 Å². The Hall–Kier alpha value is -0.570. The van der Waals surface area contributed by atoms with Crippen molar-refractivity contribution in [1.29, 1.82) is 0 Å². The fraction of sp³-hybridized carbons (Fsp3) is 0.938. The first-order valence-electron chi connectivity index (χ1n) is 8.01. The summed E-state index contributed by atoms with van der Waals surface area (Å²) in [4.78, 5) is 12.2. The normalized spacial score (nSPS) is 27.5. The second-order valence-electron chi connectivity index (χ2n) is 6.40. The van der Waals surface area contributed by atoms with Crippen LogP contribution in [0.2, 0.25) is 0 Å². The van der Waals surface area contributed by atoms with Gasteiger partial charge in [0.15, 0.2) is 0 Å². The molecular weight excluding hydrogens is 238 g/mol. The van der Waals surface area contributed by atoms with E-state index in [1.165, 1.54) is 0 Å². The van der Waals surface area contributed by atoms with Crippen molar-refractivity contribution in [2.75, 3.05) is 6.54 Å². The smallest absolute Gasteiger partial charge is 0.223 e. The van der Waals surface area contributed by atoms with Gasteiger partial charge in [0.1, 0.15) is 0 Å².